The average Bonchev–Trinajstić information content (AvgIpc) is 2.48. The number of ether oxygens (including phenoxy) is 2. The normalized spacial score (nSPS) is 17.7. The predicted molar refractivity (Wildman–Crippen MR) is 84.6 cm³/mol. The van der Waals surface area contributed by atoms with Crippen LogP contribution in [0.4, 0.5) is 5.69 Å². The van der Waals surface area contributed by atoms with E-state index < -0.39 is 0 Å². The van der Waals surface area contributed by atoms with E-state index in [9.17, 15) is 4.79 Å². The molecule has 1 aliphatic heterocycles. The van der Waals surface area contributed by atoms with Gasteiger partial charge in [0.25, 0.3) is 5.91 Å². The minimum atomic E-state index is -0.266. The van der Waals surface area contributed by atoms with E-state index in [0.717, 1.165) is 13.1 Å². The second-order valence-corrected chi connectivity index (χ2v) is 4.89. The Kier molecular flexibility index (Phi) is 7.04. The van der Waals surface area contributed by atoms with Gasteiger partial charge >= 0.3 is 0 Å². The van der Waals surface area contributed by atoms with Gasteiger partial charge in [0.05, 0.1) is 36.1 Å². The van der Waals surface area contributed by atoms with Crippen molar-refractivity contribution >= 4 is 35.6 Å². The fourth-order valence-corrected chi connectivity index (χ4v) is 2.13. The van der Waals surface area contributed by atoms with Crippen molar-refractivity contribution in [2.24, 2.45) is 0 Å². The van der Waals surface area contributed by atoms with Crippen LogP contribution in [0.3, 0.4) is 0 Å². The van der Waals surface area contributed by atoms with Crippen LogP contribution in [-0.4, -0.2) is 45.4 Å². The van der Waals surface area contributed by atoms with Crippen LogP contribution in [0.25, 0.3) is 0 Å². The maximum Gasteiger partial charge on any atom is 0.255 e. The van der Waals surface area contributed by atoms with Gasteiger partial charge < -0.3 is 25.8 Å². The molecule has 6 nitrogen and oxygen atoms in total. The van der Waals surface area contributed by atoms with E-state index in [1.54, 1.807) is 0 Å². The summed E-state index contributed by atoms with van der Waals surface area (Å²) in [4.78, 5) is 12.2. The van der Waals surface area contributed by atoms with Gasteiger partial charge in [-0.05, 0) is 6.07 Å². The number of anilines is 1. The van der Waals surface area contributed by atoms with E-state index in [4.69, 9.17) is 26.8 Å². The van der Waals surface area contributed by atoms with Crippen molar-refractivity contribution < 1.29 is 14.3 Å². The molecule has 118 valence electrons. The van der Waals surface area contributed by atoms with Crippen molar-refractivity contribution in [3.05, 3.63) is 22.7 Å². The summed E-state index contributed by atoms with van der Waals surface area (Å²) in [5.41, 5.74) is 6.42. The van der Waals surface area contributed by atoms with E-state index in [2.05, 4.69) is 10.6 Å². The van der Waals surface area contributed by atoms with Gasteiger partial charge in [-0.1, -0.05) is 11.6 Å². The van der Waals surface area contributed by atoms with Crippen molar-refractivity contribution in [3.63, 3.8) is 0 Å². The third kappa shape index (κ3) is 4.64. The van der Waals surface area contributed by atoms with Crippen LogP contribution >= 0.6 is 24.0 Å². The lowest BCUT2D eigenvalue weighted by Crippen LogP contribution is -2.45. The maximum atomic E-state index is 12.2. The second kappa shape index (κ2) is 8.29. The molecule has 1 atom stereocenters. The molecule has 0 aromatic heterocycles. The summed E-state index contributed by atoms with van der Waals surface area (Å²) in [6.45, 7) is 2.64. The molecule has 1 saturated heterocycles. The largest absolute Gasteiger partial charge is 0.496 e. The topological polar surface area (TPSA) is 85.6 Å². The summed E-state index contributed by atoms with van der Waals surface area (Å²) < 4.78 is 10.7. The summed E-state index contributed by atoms with van der Waals surface area (Å²) in [5.74, 6) is 0.130. The van der Waals surface area contributed by atoms with E-state index in [0.29, 0.717) is 35.2 Å². The molecule has 8 heteroatoms. The number of methoxy groups -OCH3 is 1. The Labute approximate surface area is 134 Å². The molecule has 1 fully saturated rings. The maximum absolute atomic E-state index is 12.2. The molecule has 0 saturated carbocycles. The standard InChI is InChI=1S/C13H18ClN3O3.ClH/c1-19-12-5-11(15)10(14)4-9(12)13(18)17-7-8-6-16-2-3-20-8;/h4-5,8,16H,2-3,6-7,15H2,1H3,(H,17,18);1H/t8-;/m1./s1. The zero-order chi connectivity index (χ0) is 14.5. The van der Waals surface area contributed by atoms with Crippen LogP contribution in [0.15, 0.2) is 12.1 Å². The first-order chi connectivity index (χ1) is 9.61. The van der Waals surface area contributed by atoms with Gasteiger partial charge in [0.2, 0.25) is 0 Å². The molecule has 0 radical (unpaired) electrons. The van der Waals surface area contributed by atoms with Crippen molar-refractivity contribution in [1.82, 2.24) is 10.6 Å². The summed E-state index contributed by atoms with van der Waals surface area (Å²) in [7, 11) is 1.48. The monoisotopic (exact) mass is 335 g/mol. The van der Waals surface area contributed by atoms with Gasteiger partial charge in [-0.25, -0.2) is 0 Å². The Balaban J connectivity index is 0.00000220. The zero-order valence-corrected chi connectivity index (χ0v) is 13.2. The molecule has 4 N–H and O–H groups in total. The SMILES string of the molecule is COc1cc(N)c(Cl)cc1C(=O)NC[C@H]1CNCCO1.Cl. The number of hydrogen-bond donors (Lipinski definition) is 3. The first-order valence-corrected chi connectivity index (χ1v) is 6.73. The molecule has 0 spiro atoms. The fraction of sp³-hybridized carbons (Fsp3) is 0.462. The molecule has 0 unspecified atom stereocenters. The van der Waals surface area contributed by atoms with Gasteiger partial charge in [-0.15, -0.1) is 12.4 Å². The highest BCUT2D eigenvalue weighted by molar-refractivity contribution is 6.33. The van der Waals surface area contributed by atoms with Crippen LogP contribution in [0.5, 0.6) is 5.75 Å². The van der Waals surface area contributed by atoms with Crippen molar-refractivity contribution in [1.29, 1.82) is 0 Å². The number of nitrogens with two attached hydrogens (primary N) is 1. The average molecular weight is 336 g/mol. The summed E-state index contributed by atoms with van der Waals surface area (Å²) in [5, 5.41) is 6.33. The summed E-state index contributed by atoms with van der Waals surface area (Å²) in [6, 6.07) is 3.04. The van der Waals surface area contributed by atoms with E-state index in [1.165, 1.54) is 19.2 Å². The Bertz CT molecular complexity index is 494. The quantitative estimate of drug-likeness (QED) is 0.716. The number of nitrogen functional groups attached to an aromatic ring is 1. The highest BCUT2D eigenvalue weighted by Gasteiger charge is 2.18. The van der Waals surface area contributed by atoms with Gasteiger partial charge in [0, 0.05) is 25.7 Å². The number of rotatable bonds is 4. The predicted octanol–water partition coefficient (Wildman–Crippen LogP) is 1.07. The van der Waals surface area contributed by atoms with E-state index in [1.807, 2.05) is 0 Å². The van der Waals surface area contributed by atoms with Gasteiger partial charge in [-0.3, -0.25) is 4.79 Å². The van der Waals surface area contributed by atoms with Crippen LogP contribution in [0.2, 0.25) is 5.02 Å². The van der Waals surface area contributed by atoms with Crippen molar-refractivity contribution in [2.45, 2.75) is 6.10 Å². The molecule has 0 aliphatic carbocycles. The molecule has 1 aromatic carbocycles. The lowest BCUT2D eigenvalue weighted by atomic mass is 10.1. The molecule has 1 aromatic rings. The van der Waals surface area contributed by atoms with E-state index in [-0.39, 0.29) is 24.4 Å². The zero-order valence-electron chi connectivity index (χ0n) is 11.6. The highest BCUT2D eigenvalue weighted by atomic mass is 35.5. The van der Waals surface area contributed by atoms with Crippen LogP contribution in [0, 0.1) is 0 Å². The van der Waals surface area contributed by atoms with E-state index >= 15 is 0 Å². The Morgan fingerprint density at radius 1 is 1.62 bits per heavy atom. The number of carbonyl (C=O) groups excluding carboxylic acids is 1. The molecule has 0 bridgehead atoms. The minimum absolute atomic E-state index is 0. The van der Waals surface area contributed by atoms with Crippen LogP contribution in [0.1, 0.15) is 10.4 Å². The smallest absolute Gasteiger partial charge is 0.255 e. The number of morpholine rings is 1. The molecule has 21 heavy (non-hydrogen) atoms. The van der Waals surface area contributed by atoms with Gasteiger partial charge in [0.1, 0.15) is 5.75 Å². The number of nitrogens with one attached hydrogen (secondary N) is 2. The fourth-order valence-electron chi connectivity index (χ4n) is 1.97. The highest BCUT2D eigenvalue weighted by Crippen LogP contribution is 2.28. The molecular formula is C13H19Cl2N3O3. The van der Waals surface area contributed by atoms with Gasteiger partial charge in [-0.2, -0.15) is 0 Å². The third-order valence-electron chi connectivity index (χ3n) is 3.06. The Morgan fingerprint density at radius 3 is 3.00 bits per heavy atom. The number of hydrogen-bond acceptors (Lipinski definition) is 5. The summed E-state index contributed by atoms with van der Waals surface area (Å²) >= 11 is 5.94. The van der Waals surface area contributed by atoms with Crippen LogP contribution < -0.4 is 21.1 Å². The Morgan fingerprint density at radius 2 is 2.38 bits per heavy atom. The first-order valence-electron chi connectivity index (χ1n) is 6.35. The number of amides is 1. The lowest BCUT2D eigenvalue weighted by Gasteiger charge is -2.23. The number of halogens is 2. The van der Waals surface area contributed by atoms with Gasteiger partial charge in [0.15, 0.2) is 0 Å². The number of benzene rings is 1. The third-order valence-corrected chi connectivity index (χ3v) is 3.39. The minimum Gasteiger partial charge on any atom is -0.496 e. The molecule has 1 amide bonds. The van der Waals surface area contributed by atoms with Crippen LogP contribution in [-0.2, 0) is 4.74 Å². The van der Waals surface area contributed by atoms with Crippen molar-refractivity contribution in [3.8, 4) is 5.75 Å². The molecule has 2 rings (SSSR count). The Hall–Kier alpha value is -1.21. The molecule has 1 heterocycles. The second-order valence-electron chi connectivity index (χ2n) is 4.48. The number of carbonyl (C=O) groups is 1. The summed E-state index contributed by atoms with van der Waals surface area (Å²) in [6.07, 6.45) is -0.0250. The molecule has 1 aliphatic rings. The first kappa shape index (κ1) is 17.8. The molecular weight excluding hydrogens is 317 g/mol. The lowest BCUT2D eigenvalue weighted by molar-refractivity contribution is 0.0287. The van der Waals surface area contributed by atoms with Crippen molar-refractivity contribution in [2.75, 3.05) is 39.1 Å².